The van der Waals surface area contributed by atoms with Gasteiger partial charge < -0.3 is 0 Å². The van der Waals surface area contributed by atoms with Crippen molar-refractivity contribution < 1.29 is 8.42 Å². The average molecular weight is 260 g/mol. The van der Waals surface area contributed by atoms with Crippen molar-refractivity contribution in [3.63, 3.8) is 0 Å². The van der Waals surface area contributed by atoms with Gasteiger partial charge in [0.25, 0.3) is 0 Å². The lowest BCUT2D eigenvalue weighted by molar-refractivity contribution is 0.479. The first-order valence-electron chi connectivity index (χ1n) is 4.80. The fourth-order valence-corrected chi connectivity index (χ4v) is 2.47. The highest BCUT2D eigenvalue weighted by Crippen LogP contribution is 2.15. The minimum atomic E-state index is -3.87. The highest BCUT2D eigenvalue weighted by molar-refractivity contribution is 7.89. The van der Waals surface area contributed by atoms with E-state index >= 15 is 0 Å². The molecule has 7 heteroatoms. The molecular formula is C11H8N4O2S. The molecule has 0 aromatic heterocycles. The minimum Gasteiger partial charge on any atom is -0.207 e. The molecule has 1 rings (SSSR count). The maximum absolute atomic E-state index is 12.1. The molecule has 0 bridgehead atoms. The Bertz CT molecular complexity index is 628. The lowest BCUT2D eigenvalue weighted by Gasteiger charge is -2.15. The van der Waals surface area contributed by atoms with Crippen molar-refractivity contribution in [1.82, 2.24) is 4.31 Å². The zero-order valence-corrected chi connectivity index (χ0v) is 10.1. The molecule has 0 unspecified atom stereocenters. The van der Waals surface area contributed by atoms with Crippen LogP contribution in [-0.2, 0) is 10.0 Å². The Balaban J connectivity index is 3.16. The number of nitriles is 3. The fourth-order valence-electron chi connectivity index (χ4n) is 1.23. The van der Waals surface area contributed by atoms with Crippen LogP contribution in [0.2, 0.25) is 0 Å². The average Bonchev–Trinajstić information content (AvgIpc) is 2.38. The van der Waals surface area contributed by atoms with Crippen LogP contribution in [0.4, 0.5) is 0 Å². The molecule has 0 spiro atoms. The second-order valence-electron chi connectivity index (χ2n) is 3.23. The van der Waals surface area contributed by atoms with E-state index in [0.717, 1.165) is 4.31 Å². The van der Waals surface area contributed by atoms with E-state index in [-0.39, 0.29) is 4.90 Å². The van der Waals surface area contributed by atoms with E-state index in [4.69, 9.17) is 15.8 Å². The molecule has 0 aliphatic carbocycles. The van der Waals surface area contributed by atoms with Crippen LogP contribution in [0.15, 0.2) is 29.2 Å². The maximum Gasteiger partial charge on any atom is 0.244 e. The molecule has 6 nitrogen and oxygen atoms in total. The third-order valence-electron chi connectivity index (χ3n) is 2.12. The molecule has 0 aliphatic heterocycles. The summed E-state index contributed by atoms with van der Waals surface area (Å²) >= 11 is 0. The SMILES string of the molecule is N#CCN(CC#N)S(=O)(=O)c1ccc(C#N)cc1. The summed E-state index contributed by atoms with van der Waals surface area (Å²) in [5.74, 6) is 0. The molecule has 0 saturated carbocycles. The van der Waals surface area contributed by atoms with Gasteiger partial charge in [-0.25, -0.2) is 8.42 Å². The second kappa shape index (κ2) is 5.79. The molecule has 0 saturated heterocycles. The predicted octanol–water partition coefficient (Wildman–Crippen LogP) is 0.596. The Hall–Kier alpha value is -2.40. The van der Waals surface area contributed by atoms with E-state index in [1.54, 1.807) is 12.1 Å². The summed E-state index contributed by atoms with van der Waals surface area (Å²) in [7, 11) is -3.87. The molecule has 1 aromatic carbocycles. The smallest absolute Gasteiger partial charge is 0.207 e. The van der Waals surface area contributed by atoms with Crippen molar-refractivity contribution in [3.05, 3.63) is 29.8 Å². The summed E-state index contributed by atoms with van der Waals surface area (Å²) in [6, 6.07) is 10.5. The van der Waals surface area contributed by atoms with Gasteiger partial charge in [0.2, 0.25) is 10.0 Å². The number of rotatable bonds is 4. The van der Waals surface area contributed by atoms with E-state index in [2.05, 4.69) is 0 Å². The number of hydrogen-bond acceptors (Lipinski definition) is 5. The summed E-state index contributed by atoms with van der Waals surface area (Å²) in [5.41, 5.74) is 0.334. The summed E-state index contributed by atoms with van der Waals surface area (Å²) in [4.78, 5) is -0.0491. The Labute approximate surface area is 105 Å². The summed E-state index contributed by atoms with van der Waals surface area (Å²) in [5, 5.41) is 25.7. The summed E-state index contributed by atoms with van der Waals surface area (Å²) < 4.78 is 24.9. The van der Waals surface area contributed by atoms with Gasteiger partial charge in [0, 0.05) is 0 Å². The predicted molar refractivity (Wildman–Crippen MR) is 61.1 cm³/mol. The number of hydrogen-bond donors (Lipinski definition) is 0. The van der Waals surface area contributed by atoms with Gasteiger partial charge in [0.1, 0.15) is 13.1 Å². The van der Waals surface area contributed by atoms with Gasteiger partial charge in [0.05, 0.1) is 28.7 Å². The van der Waals surface area contributed by atoms with E-state index < -0.39 is 23.1 Å². The third-order valence-corrected chi connectivity index (χ3v) is 3.92. The summed E-state index contributed by atoms with van der Waals surface area (Å²) in [6.45, 7) is -0.786. The number of sulfonamides is 1. The normalized spacial score (nSPS) is 10.3. The summed E-state index contributed by atoms with van der Waals surface area (Å²) in [6.07, 6.45) is 0. The topological polar surface area (TPSA) is 109 Å². The van der Waals surface area contributed by atoms with Gasteiger partial charge in [-0.05, 0) is 24.3 Å². The van der Waals surface area contributed by atoms with E-state index in [0.29, 0.717) is 5.56 Å². The molecule has 0 N–H and O–H groups in total. The maximum atomic E-state index is 12.1. The van der Waals surface area contributed by atoms with Crippen LogP contribution in [0.1, 0.15) is 5.56 Å². The Morgan fingerprint density at radius 3 is 1.89 bits per heavy atom. The van der Waals surface area contributed by atoms with Gasteiger partial charge in [-0.15, -0.1) is 0 Å². The van der Waals surface area contributed by atoms with Gasteiger partial charge in [-0.1, -0.05) is 0 Å². The van der Waals surface area contributed by atoms with Crippen LogP contribution in [0.5, 0.6) is 0 Å². The third kappa shape index (κ3) is 2.83. The second-order valence-corrected chi connectivity index (χ2v) is 5.16. The van der Waals surface area contributed by atoms with Crippen LogP contribution in [-0.4, -0.2) is 25.8 Å². The monoisotopic (exact) mass is 260 g/mol. The molecule has 18 heavy (non-hydrogen) atoms. The highest BCUT2D eigenvalue weighted by atomic mass is 32.2. The molecule has 0 atom stereocenters. The van der Waals surface area contributed by atoms with Crippen molar-refractivity contribution in [2.75, 3.05) is 13.1 Å². The van der Waals surface area contributed by atoms with Gasteiger partial charge >= 0.3 is 0 Å². The number of benzene rings is 1. The molecule has 0 fully saturated rings. The van der Waals surface area contributed by atoms with Crippen molar-refractivity contribution in [3.8, 4) is 18.2 Å². The molecule has 1 aromatic rings. The first-order chi connectivity index (χ1) is 8.56. The van der Waals surface area contributed by atoms with Crippen molar-refractivity contribution in [2.45, 2.75) is 4.90 Å². The molecule has 0 radical (unpaired) electrons. The van der Waals surface area contributed by atoms with Crippen LogP contribution in [0.25, 0.3) is 0 Å². The zero-order valence-electron chi connectivity index (χ0n) is 9.24. The lowest BCUT2D eigenvalue weighted by atomic mass is 10.2. The van der Waals surface area contributed by atoms with E-state index in [9.17, 15) is 8.42 Å². The number of nitrogens with zero attached hydrogens (tertiary/aromatic N) is 4. The van der Waals surface area contributed by atoms with E-state index in [1.807, 2.05) is 6.07 Å². The Morgan fingerprint density at radius 2 is 1.50 bits per heavy atom. The zero-order chi connectivity index (χ0) is 13.6. The molecule has 0 amide bonds. The van der Waals surface area contributed by atoms with Crippen molar-refractivity contribution in [2.24, 2.45) is 0 Å². The molecule has 0 aliphatic rings. The van der Waals surface area contributed by atoms with Gasteiger partial charge in [-0.2, -0.15) is 20.1 Å². The molecule has 90 valence electrons. The molecule has 0 heterocycles. The Kier molecular flexibility index (Phi) is 4.39. The van der Waals surface area contributed by atoms with E-state index in [1.165, 1.54) is 24.3 Å². The highest BCUT2D eigenvalue weighted by Gasteiger charge is 2.23. The van der Waals surface area contributed by atoms with Crippen LogP contribution < -0.4 is 0 Å². The molecular weight excluding hydrogens is 252 g/mol. The first kappa shape index (κ1) is 13.7. The van der Waals surface area contributed by atoms with Crippen LogP contribution in [0.3, 0.4) is 0 Å². The van der Waals surface area contributed by atoms with Gasteiger partial charge in [0.15, 0.2) is 0 Å². The van der Waals surface area contributed by atoms with Crippen LogP contribution in [0, 0.1) is 34.0 Å². The first-order valence-corrected chi connectivity index (χ1v) is 6.24. The lowest BCUT2D eigenvalue weighted by Crippen LogP contribution is -2.31. The van der Waals surface area contributed by atoms with Gasteiger partial charge in [-0.3, -0.25) is 0 Å². The van der Waals surface area contributed by atoms with Crippen LogP contribution >= 0.6 is 0 Å². The standard InChI is InChI=1S/C11H8N4O2S/c12-5-7-15(8-6-13)18(16,17)11-3-1-10(9-14)2-4-11/h1-4H,7-8H2. The fraction of sp³-hybridized carbons (Fsp3) is 0.182. The van der Waals surface area contributed by atoms with Crippen molar-refractivity contribution in [1.29, 1.82) is 15.8 Å². The van der Waals surface area contributed by atoms with Crippen molar-refractivity contribution >= 4 is 10.0 Å². The quantitative estimate of drug-likeness (QED) is 0.736. The minimum absolute atomic E-state index is 0.0491. The largest absolute Gasteiger partial charge is 0.244 e. The Morgan fingerprint density at radius 1 is 1.00 bits per heavy atom.